The highest BCUT2D eigenvalue weighted by Gasteiger charge is 2.09. The third kappa shape index (κ3) is 2.98. The molecule has 0 atom stereocenters. The van der Waals surface area contributed by atoms with Gasteiger partial charge in [0.2, 0.25) is 0 Å². The summed E-state index contributed by atoms with van der Waals surface area (Å²) in [4.78, 5) is 0. The van der Waals surface area contributed by atoms with Gasteiger partial charge in [-0.3, -0.25) is 0 Å². The number of rotatable bonds is 3. The van der Waals surface area contributed by atoms with Gasteiger partial charge < -0.3 is 4.74 Å². The van der Waals surface area contributed by atoms with Crippen molar-refractivity contribution in [2.75, 3.05) is 0 Å². The lowest BCUT2D eigenvalue weighted by Crippen LogP contribution is -2.07. The highest BCUT2D eigenvalue weighted by Crippen LogP contribution is 2.28. The van der Waals surface area contributed by atoms with Crippen molar-refractivity contribution in [3.05, 3.63) is 28.8 Å². The van der Waals surface area contributed by atoms with Gasteiger partial charge in [0.05, 0.1) is 6.10 Å². The van der Waals surface area contributed by atoms with Crippen LogP contribution in [0.25, 0.3) is 0 Å². The van der Waals surface area contributed by atoms with Crippen molar-refractivity contribution in [1.29, 1.82) is 0 Å². The number of ether oxygens (including phenoxy) is 1. The third-order valence-corrected chi connectivity index (χ3v) is 2.52. The van der Waals surface area contributed by atoms with E-state index in [1.54, 1.807) is 0 Å². The van der Waals surface area contributed by atoms with Gasteiger partial charge in [-0.05, 0) is 62.4 Å². The second kappa shape index (κ2) is 4.69. The van der Waals surface area contributed by atoms with E-state index in [1.165, 1.54) is 16.7 Å². The van der Waals surface area contributed by atoms with Crippen LogP contribution in [-0.4, -0.2) is 6.10 Å². The van der Waals surface area contributed by atoms with Gasteiger partial charge in [-0.2, -0.15) is 0 Å². The summed E-state index contributed by atoms with van der Waals surface area (Å²) in [6, 6.07) is 4.28. The molecule has 0 fully saturated rings. The molecule has 0 aromatic heterocycles. The number of aryl methyl sites for hydroxylation is 2. The van der Waals surface area contributed by atoms with E-state index in [0.717, 1.165) is 5.75 Å². The summed E-state index contributed by atoms with van der Waals surface area (Å²) in [6.07, 6.45) is 0.244. The number of benzene rings is 1. The molecule has 0 aliphatic rings. The van der Waals surface area contributed by atoms with E-state index in [2.05, 4.69) is 53.7 Å². The maximum atomic E-state index is 5.71. The van der Waals surface area contributed by atoms with Gasteiger partial charge in [-0.25, -0.2) is 0 Å². The Morgan fingerprint density at radius 1 is 0.933 bits per heavy atom. The van der Waals surface area contributed by atoms with Crippen molar-refractivity contribution in [3.8, 4) is 5.75 Å². The Morgan fingerprint density at radius 3 is 1.73 bits per heavy atom. The average molecular weight is 206 g/mol. The molecule has 1 rings (SSSR count). The maximum Gasteiger partial charge on any atom is 0.120 e. The quantitative estimate of drug-likeness (QED) is 0.719. The van der Waals surface area contributed by atoms with Crippen LogP contribution in [0.3, 0.4) is 0 Å². The summed E-state index contributed by atoms with van der Waals surface area (Å²) in [5.41, 5.74) is 4.12. The molecule has 0 bridgehead atoms. The van der Waals surface area contributed by atoms with E-state index in [1.807, 2.05) is 0 Å². The van der Waals surface area contributed by atoms with E-state index in [9.17, 15) is 0 Å². The zero-order chi connectivity index (χ0) is 11.6. The molecule has 0 unspecified atom stereocenters. The Morgan fingerprint density at radius 2 is 1.40 bits per heavy atom. The largest absolute Gasteiger partial charge is 0.491 e. The van der Waals surface area contributed by atoms with Gasteiger partial charge in [-0.15, -0.1) is 0 Å². The molecule has 0 saturated carbocycles. The van der Waals surface area contributed by atoms with Crippen LogP contribution < -0.4 is 4.74 Å². The van der Waals surface area contributed by atoms with E-state index in [4.69, 9.17) is 4.74 Å². The van der Waals surface area contributed by atoms with Crippen LogP contribution in [0, 0.1) is 13.8 Å². The lowest BCUT2D eigenvalue weighted by atomic mass is 9.93. The minimum Gasteiger partial charge on any atom is -0.491 e. The molecule has 0 saturated heterocycles. The summed E-state index contributed by atoms with van der Waals surface area (Å²) in [7, 11) is 0. The van der Waals surface area contributed by atoms with Gasteiger partial charge in [0, 0.05) is 0 Å². The minimum atomic E-state index is 0.244. The fraction of sp³-hybridized carbons (Fsp3) is 0.571. The Hall–Kier alpha value is -0.980. The van der Waals surface area contributed by atoms with Gasteiger partial charge in [0.25, 0.3) is 0 Å². The lowest BCUT2D eigenvalue weighted by molar-refractivity contribution is 0.242. The van der Waals surface area contributed by atoms with E-state index >= 15 is 0 Å². The third-order valence-electron chi connectivity index (χ3n) is 2.52. The fourth-order valence-corrected chi connectivity index (χ4v) is 2.19. The normalized spacial score (nSPS) is 11.2. The lowest BCUT2D eigenvalue weighted by Gasteiger charge is -2.17. The summed E-state index contributed by atoms with van der Waals surface area (Å²) < 4.78 is 5.71. The molecule has 84 valence electrons. The SMILES string of the molecule is Cc1cc(OC(C)C)cc(C)c1C(C)C. The van der Waals surface area contributed by atoms with Crippen LogP contribution in [0.1, 0.15) is 50.3 Å². The molecule has 15 heavy (non-hydrogen) atoms. The molecule has 0 aliphatic carbocycles. The van der Waals surface area contributed by atoms with Crippen molar-refractivity contribution in [2.24, 2.45) is 0 Å². The average Bonchev–Trinajstić information content (AvgIpc) is 1.99. The van der Waals surface area contributed by atoms with Crippen LogP contribution >= 0.6 is 0 Å². The first-order chi connectivity index (χ1) is 6.91. The molecule has 0 amide bonds. The highest BCUT2D eigenvalue weighted by atomic mass is 16.5. The van der Waals surface area contributed by atoms with Gasteiger partial charge in [0.15, 0.2) is 0 Å². The van der Waals surface area contributed by atoms with Crippen LogP contribution in [0.4, 0.5) is 0 Å². The standard InChI is InChI=1S/C14H22O/c1-9(2)14-11(5)7-13(8-12(14)6)15-10(3)4/h7-10H,1-6H3. The number of hydrogen-bond acceptors (Lipinski definition) is 1. The van der Waals surface area contributed by atoms with Crippen molar-refractivity contribution in [2.45, 2.75) is 53.6 Å². The molecular formula is C14H22O. The first kappa shape index (κ1) is 12.1. The molecule has 1 aromatic rings. The van der Waals surface area contributed by atoms with Crippen molar-refractivity contribution in [1.82, 2.24) is 0 Å². The molecule has 0 spiro atoms. The summed E-state index contributed by atoms with van der Waals surface area (Å²) >= 11 is 0. The highest BCUT2D eigenvalue weighted by molar-refractivity contribution is 5.42. The van der Waals surface area contributed by atoms with Crippen LogP contribution in [0.5, 0.6) is 5.75 Å². The molecule has 1 heteroatoms. The summed E-state index contributed by atoms with van der Waals surface area (Å²) in [5, 5.41) is 0. The van der Waals surface area contributed by atoms with E-state index in [-0.39, 0.29) is 6.10 Å². The van der Waals surface area contributed by atoms with Crippen molar-refractivity contribution in [3.63, 3.8) is 0 Å². The van der Waals surface area contributed by atoms with E-state index in [0.29, 0.717) is 5.92 Å². The van der Waals surface area contributed by atoms with Gasteiger partial charge >= 0.3 is 0 Å². The molecule has 0 radical (unpaired) electrons. The fourth-order valence-electron chi connectivity index (χ4n) is 2.19. The van der Waals surface area contributed by atoms with Crippen molar-refractivity contribution < 1.29 is 4.74 Å². The summed E-state index contributed by atoms with van der Waals surface area (Å²) in [5.74, 6) is 1.57. The minimum absolute atomic E-state index is 0.244. The summed E-state index contributed by atoms with van der Waals surface area (Å²) in [6.45, 7) is 12.9. The Balaban J connectivity index is 3.08. The Kier molecular flexibility index (Phi) is 3.78. The Bertz CT molecular complexity index is 314. The number of hydrogen-bond donors (Lipinski definition) is 0. The predicted octanol–water partition coefficient (Wildman–Crippen LogP) is 4.21. The maximum absolute atomic E-state index is 5.71. The Labute approximate surface area is 93.5 Å². The molecule has 1 nitrogen and oxygen atoms in total. The van der Waals surface area contributed by atoms with Gasteiger partial charge in [0.1, 0.15) is 5.75 Å². The topological polar surface area (TPSA) is 9.23 Å². The molecule has 0 heterocycles. The predicted molar refractivity (Wildman–Crippen MR) is 65.8 cm³/mol. The molecule has 0 N–H and O–H groups in total. The molecule has 0 aliphatic heterocycles. The van der Waals surface area contributed by atoms with Gasteiger partial charge in [-0.1, -0.05) is 13.8 Å². The van der Waals surface area contributed by atoms with Crippen LogP contribution in [0.2, 0.25) is 0 Å². The first-order valence-corrected chi connectivity index (χ1v) is 5.69. The first-order valence-electron chi connectivity index (χ1n) is 5.69. The molecular weight excluding hydrogens is 184 g/mol. The smallest absolute Gasteiger partial charge is 0.120 e. The van der Waals surface area contributed by atoms with Crippen LogP contribution in [-0.2, 0) is 0 Å². The van der Waals surface area contributed by atoms with Crippen LogP contribution in [0.15, 0.2) is 12.1 Å². The zero-order valence-corrected chi connectivity index (χ0v) is 10.7. The zero-order valence-electron chi connectivity index (χ0n) is 10.7. The molecule has 1 aromatic carbocycles. The van der Waals surface area contributed by atoms with Crippen molar-refractivity contribution >= 4 is 0 Å². The monoisotopic (exact) mass is 206 g/mol. The second-order valence-electron chi connectivity index (χ2n) is 4.79. The second-order valence-corrected chi connectivity index (χ2v) is 4.79. The van der Waals surface area contributed by atoms with E-state index < -0.39 is 0 Å².